The molecule has 0 N–H and O–H groups in total. The van der Waals surface area contributed by atoms with Gasteiger partial charge in [0.15, 0.2) is 5.78 Å². The van der Waals surface area contributed by atoms with E-state index in [4.69, 9.17) is 0 Å². The molecule has 1 atom stereocenters. The first kappa shape index (κ1) is 15.1. The van der Waals surface area contributed by atoms with Crippen LogP contribution >= 0.6 is 0 Å². The number of hydrogen-bond acceptors (Lipinski definition) is 2. The normalized spacial score (nSPS) is 18.5. The fourth-order valence-corrected chi connectivity index (χ4v) is 3.68. The Hall–Kier alpha value is -1.81. The smallest absolute Gasteiger partial charge is 0.178 e. The van der Waals surface area contributed by atoms with Crippen LogP contribution in [-0.4, -0.2) is 32.9 Å². The zero-order valence-electron chi connectivity index (χ0n) is 14.0. The molecular formula is C18H25N3O. The van der Waals surface area contributed by atoms with Crippen molar-refractivity contribution >= 4 is 5.78 Å². The lowest BCUT2D eigenvalue weighted by Crippen LogP contribution is -2.39. The molecule has 1 aliphatic rings. The molecule has 22 heavy (non-hydrogen) atoms. The molecule has 3 rings (SSSR count). The van der Waals surface area contributed by atoms with E-state index in [9.17, 15) is 4.79 Å². The minimum absolute atomic E-state index is 0.236. The van der Waals surface area contributed by atoms with Crippen LogP contribution in [0, 0.1) is 13.8 Å². The van der Waals surface area contributed by atoms with E-state index in [2.05, 4.69) is 60.1 Å². The van der Waals surface area contributed by atoms with Crippen LogP contribution in [0.2, 0.25) is 0 Å². The van der Waals surface area contributed by atoms with Crippen LogP contribution < -0.4 is 0 Å². The number of aryl methyl sites for hydroxylation is 1. The van der Waals surface area contributed by atoms with E-state index in [1.165, 1.54) is 11.4 Å². The van der Waals surface area contributed by atoms with Gasteiger partial charge in [-0.25, -0.2) is 0 Å². The van der Waals surface area contributed by atoms with Gasteiger partial charge < -0.3 is 9.13 Å². The SMILES string of the molecule is CCn1c(C)cc(C(=O)CN2CCn3cccc3[C@@H]2C)c1C. The number of carbonyl (C=O) groups excluding carboxylic acids is 1. The molecule has 4 nitrogen and oxygen atoms in total. The predicted molar refractivity (Wildman–Crippen MR) is 88.3 cm³/mol. The first-order valence-corrected chi connectivity index (χ1v) is 8.12. The summed E-state index contributed by atoms with van der Waals surface area (Å²) in [5.41, 5.74) is 4.45. The monoisotopic (exact) mass is 299 g/mol. The molecule has 0 spiro atoms. The molecule has 3 heterocycles. The maximum atomic E-state index is 12.7. The van der Waals surface area contributed by atoms with Crippen molar-refractivity contribution in [3.05, 3.63) is 47.0 Å². The van der Waals surface area contributed by atoms with E-state index >= 15 is 0 Å². The number of aromatic nitrogens is 2. The summed E-state index contributed by atoms with van der Waals surface area (Å²) in [6.45, 7) is 11.7. The topological polar surface area (TPSA) is 30.2 Å². The molecule has 0 saturated carbocycles. The number of nitrogens with zero attached hydrogens (tertiary/aromatic N) is 3. The van der Waals surface area contributed by atoms with Crippen molar-refractivity contribution in [2.24, 2.45) is 0 Å². The van der Waals surface area contributed by atoms with Crippen molar-refractivity contribution in [2.45, 2.75) is 46.8 Å². The summed E-state index contributed by atoms with van der Waals surface area (Å²) in [5, 5.41) is 0. The Kier molecular flexibility index (Phi) is 3.96. The first-order chi connectivity index (χ1) is 10.5. The highest BCUT2D eigenvalue weighted by atomic mass is 16.1. The second-order valence-corrected chi connectivity index (χ2v) is 6.23. The highest BCUT2D eigenvalue weighted by molar-refractivity contribution is 5.99. The van der Waals surface area contributed by atoms with Gasteiger partial charge in [0, 0.05) is 54.5 Å². The lowest BCUT2D eigenvalue weighted by molar-refractivity contribution is 0.0867. The van der Waals surface area contributed by atoms with Gasteiger partial charge in [-0.15, -0.1) is 0 Å². The van der Waals surface area contributed by atoms with Gasteiger partial charge in [0.2, 0.25) is 0 Å². The Morgan fingerprint density at radius 1 is 1.32 bits per heavy atom. The van der Waals surface area contributed by atoms with Crippen molar-refractivity contribution < 1.29 is 4.79 Å². The average molecular weight is 299 g/mol. The Balaban J connectivity index is 1.78. The van der Waals surface area contributed by atoms with Gasteiger partial charge >= 0.3 is 0 Å². The summed E-state index contributed by atoms with van der Waals surface area (Å²) in [5.74, 6) is 0.236. The van der Waals surface area contributed by atoms with Gasteiger partial charge in [0.05, 0.1) is 6.54 Å². The number of hydrogen-bond donors (Lipinski definition) is 0. The summed E-state index contributed by atoms with van der Waals surface area (Å²) < 4.78 is 4.49. The minimum atomic E-state index is 0.236. The van der Waals surface area contributed by atoms with Gasteiger partial charge in [-0.1, -0.05) is 0 Å². The zero-order valence-corrected chi connectivity index (χ0v) is 14.0. The summed E-state index contributed by atoms with van der Waals surface area (Å²) in [4.78, 5) is 15.0. The molecule has 0 fully saturated rings. The second kappa shape index (κ2) is 5.76. The van der Waals surface area contributed by atoms with E-state index in [0.29, 0.717) is 12.6 Å². The molecule has 0 amide bonds. The van der Waals surface area contributed by atoms with Crippen molar-refractivity contribution in [3.63, 3.8) is 0 Å². The molecule has 0 radical (unpaired) electrons. The van der Waals surface area contributed by atoms with Crippen LogP contribution in [0.15, 0.2) is 24.4 Å². The second-order valence-electron chi connectivity index (χ2n) is 6.23. The summed E-state index contributed by atoms with van der Waals surface area (Å²) in [6.07, 6.45) is 2.12. The van der Waals surface area contributed by atoms with Gasteiger partial charge in [-0.3, -0.25) is 9.69 Å². The van der Waals surface area contributed by atoms with Crippen LogP contribution in [0.5, 0.6) is 0 Å². The third kappa shape index (κ3) is 2.41. The highest BCUT2D eigenvalue weighted by Crippen LogP contribution is 2.26. The fourth-order valence-electron chi connectivity index (χ4n) is 3.68. The molecular weight excluding hydrogens is 274 g/mol. The molecule has 0 unspecified atom stereocenters. The van der Waals surface area contributed by atoms with Gasteiger partial charge in [-0.05, 0) is 45.9 Å². The number of carbonyl (C=O) groups is 1. The van der Waals surface area contributed by atoms with Crippen LogP contribution in [-0.2, 0) is 13.1 Å². The van der Waals surface area contributed by atoms with Crippen molar-refractivity contribution in [2.75, 3.05) is 13.1 Å². The number of ketones is 1. The number of Topliss-reactive ketones (excluding diaryl/α,β-unsaturated/α-hetero) is 1. The van der Waals surface area contributed by atoms with Crippen molar-refractivity contribution in [1.29, 1.82) is 0 Å². The standard InChI is InChI=1S/C18H25N3O/c1-5-21-13(2)11-16(14(21)3)18(22)12-20-10-9-19-8-6-7-17(19)15(20)4/h6-8,11,15H,5,9-10,12H2,1-4H3/t15-/m0/s1. The average Bonchev–Trinajstić information content (AvgIpc) is 3.07. The molecule has 0 aliphatic carbocycles. The van der Waals surface area contributed by atoms with Crippen molar-refractivity contribution in [1.82, 2.24) is 14.0 Å². The molecule has 4 heteroatoms. The maximum Gasteiger partial charge on any atom is 0.178 e. The third-order valence-electron chi connectivity index (χ3n) is 5.01. The predicted octanol–water partition coefficient (Wildman–Crippen LogP) is 3.19. The van der Waals surface area contributed by atoms with Crippen LogP contribution in [0.4, 0.5) is 0 Å². The quantitative estimate of drug-likeness (QED) is 0.812. The highest BCUT2D eigenvalue weighted by Gasteiger charge is 2.26. The summed E-state index contributed by atoms with van der Waals surface area (Å²) in [6, 6.07) is 6.58. The fraction of sp³-hybridized carbons (Fsp3) is 0.500. The van der Waals surface area contributed by atoms with Crippen LogP contribution in [0.25, 0.3) is 0 Å². The molecule has 0 bridgehead atoms. The molecule has 0 saturated heterocycles. The zero-order chi connectivity index (χ0) is 15.9. The Bertz CT molecular complexity index is 695. The van der Waals surface area contributed by atoms with Crippen LogP contribution in [0.1, 0.15) is 47.3 Å². The molecule has 118 valence electrons. The Morgan fingerprint density at radius 2 is 2.09 bits per heavy atom. The Labute approximate surface area is 132 Å². The van der Waals surface area contributed by atoms with E-state index in [1.54, 1.807) is 0 Å². The van der Waals surface area contributed by atoms with E-state index < -0.39 is 0 Å². The third-order valence-corrected chi connectivity index (χ3v) is 5.01. The van der Waals surface area contributed by atoms with Gasteiger partial charge in [0.1, 0.15) is 0 Å². The lowest BCUT2D eigenvalue weighted by atomic mass is 10.1. The van der Waals surface area contributed by atoms with Crippen molar-refractivity contribution in [3.8, 4) is 0 Å². The van der Waals surface area contributed by atoms with E-state index in [0.717, 1.165) is 30.9 Å². The summed E-state index contributed by atoms with van der Waals surface area (Å²) in [7, 11) is 0. The molecule has 0 aromatic carbocycles. The van der Waals surface area contributed by atoms with E-state index in [-0.39, 0.29) is 5.78 Å². The maximum absolute atomic E-state index is 12.7. The number of fused-ring (bicyclic) bond motifs is 1. The van der Waals surface area contributed by atoms with Gasteiger partial charge in [0.25, 0.3) is 0 Å². The molecule has 2 aromatic heterocycles. The minimum Gasteiger partial charge on any atom is -0.349 e. The largest absolute Gasteiger partial charge is 0.349 e. The molecule has 2 aromatic rings. The summed E-state index contributed by atoms with van der Waals surface area (Å²) >= 11 is 0. The van der Waals surface area contributed by atoms with E-state index in [1.807, 2.05) is 6.07 Å². The molecule has 1 aliphatic heterocycles. The van der Waals surface area contributed by atoms with Crippen LogP contribution in [0.3, 0.4) is 0 Å². The van der Waals surface area contributed by atoms with Gasteiger partial charge in [-0.2, -0.15) is 0 Å². The first-order valence-electron chi connectivity index (χ1n) is 8.12. The lowest BCUT2D eigenvalue weighted by Gasteiger charge is -2.34. The Morgan fingerprint density at radius 3 is 2.77 bits per heavy atom. The number of rotatable bonds is 4.